The molecule has 1 heterocycles. The number of fused-ring (bicyclic) bond motifs is 1. The molecule has 1 aromatic heterocycles. The van der Waals surface area contributed by atoms with E-state index < -0.39 is 5.63 Å². The SMILES string of the molecule is C=C(C)COc1ccc2c(C)c(CCC(=O)NCc3ccc(OC)cc3)c(=O)oc2c1. The topological polar surface area (TPSA) is 77.8 Å². The summed E-state index contributed by atoms with van der Waals surface area (Å²) in [4.78, 5) is 24.8. The molecule has 6 heteroatoms. The third-order valence-electron chi connectivity index (χ3n) is 4.99. The zero-order chi connectivity index (χ0) is 22.4. The Morgan fingerprint density at radius 3 is 2.52 bits per heavy atom. The molecule has 0 aliphatic rings. The molecule has 0 atom stereocenters. The van der Waals surface area contributed by atoms with Crippen LogP contribution in [-0.4, -0.2) is 19.6 Å². The van der Waals surface area contributed by atoms with Gasteiger partial charge in [0, 0.05) is 30.0 Å². The first kappa shape index (κ1) is 22.2. The van der Waals surface area contributed by atoms with Crippen molar-refractivity contribution >= 4 is 16.9 Å². The van der Waals surface area contributed by atoms with Gasteiger partial charge in [-0.15, -0.1) is 0 Å². The standard InChI is InChI=1S/C25H27NO5/c1-16(2)15-30-20-9-10-21-17(3)22(25(28)31-23(21)13-20)11-12-24(27)26-14-18-5-7-19(29-4)8-6-18/h5-10,13H,1,11-12,14-15H2,2-4H3,(H,26,27). The Bertz CT molecular complexity index is 1150. The van der Waals surface area contributed by atoms with Crippen LogP contribution < -0.4 is 20.4 Å². The van der Waals surface area contributed by atoms with Crippen LogP contribution in [0.4, 0.5) is 0 Å². The van der Waals surface area contributed by atoms with E-state index in [1.54, 1.807) is 13.2 Å². The fourth-order valence-corrected chi connectivity index (χ4v) is 3.23. The summed E-state index contributed by atoms with van der Waals surface area (Å²) in [7, 11) is 1.61. The lowest BCUT2D eigenvalue weighted by molar-refractivity contribution is -0.121. The van der Waals surface area contributed by atoms with Gasteiger partial charge in [-0.25, -0.2) is 4.79 Å². The first-order valence-electron chi connectivity index (χ1n) is 10.1. The highest BCUT2D eigenvalue weighted by Gasteiger charge is 2.14. The van der Waals surface area contributed by atoms with Gasteiger partial charge in [0.15, 0.2) is 0 Å². The summed E-state index contributed by atoms with van der Waals surface area (Å²) >= 11 is 0. The highest BCUT2D eigenvalue weighted by atomic mass is 16.5. The van der Waals surface area contributed by atoms with E-state index in [-0.39, 0.29) is 12.3 Å². The number of benzene rings is 2. The summed E-state index contributed by atoms with van der Waals surface area (Å²) in [5, 5.41) is 3.71. The molecule has 1 amide bonds. The molecule has 0 aliphatic carbocycles. The maximum atomic E-state index is 12.5. The third kappa shape index (κ3) is 5.75. The van der Waals surface area contributed by atoms with Gasteiger partial charge in [-0.2, -0.15) is 0 Å². The van der Waals surface area contributed by atoms with Gasteiger partial charge in [0.05, 0.1) is 7.11 Å². The Balaban J connectivity index is 1.65. The fraction of sp³-hybridized carbons (Fsp3) is 0.280. The average Bonchev–Trinajstić information content (AvgIpc) is 2.76. The predicted molar refractivity (Wildman–Crippen MR) is 121 cm³/mol. The highest BCUT2D eigenvalue weighted by molar-refractivity contribution is 5.82. The Morgan fingerprint density at radius 1 is 1.13 bits per heavy atom. The van der Waals surface area contributed by atoms with Crippen LogP contribution in [0.2, 0.25) is 0 Å². The van der Waals surface area contributed by atoms with Crippen molar-refractivity contribution in [3.8, 4) is 11.5 Å². The van der Waals surface area contributed by atoms with Crippen LogP contribution in [0, 0.1) is 6.92 Å². The molecule has 0 saturated heterocycles. The van der Waals surface area contributed by atoms with Gasteiger partial charge in [-0.05, 0) is 61.2 Å². The summed E-state index contributed by atoms with van der Waals surface area (Å²) in [6.45, 7) is 8.38. The van der Waals surface area contributed by atoms with Crippen molar-refractivity contribution in [2.45, 2.75) is 33.2 Å². The summed E-state index contributed by atoms with van der Waals surface area (Å²) in [6.07, 6.45) is 0.513. The van der Waals surface area contributed by atoms with Gasteiger partial charge in [0.2, 0.25) is 5.91 Å². The minimum Gasteiger partial charge on any atom is -0.497 e. The molecule has 0 saturated carbocycles. The number of ether oxygens (including phenoxy) is 2. The maximum absolute atomic E-state index is 12.5. The van der Waals surface area contributed by atoms with Crippen LogP contribution in [0.5, 0.6) is 11.5 Å². The second kappa shape index (κ2) is 9.98. The van der Waals surface area contributed by atoms with Crippen LogP contribution in [-0.2, 0) is 17.8 Å². The van der Waals surface area contributed by atoms with E-state index in [0.29, 0.717) is 36.5 Å². The van der Waals surface area contributed by atoms with E-state index in [0.717, 1.165) is 27.8 Å². The molecule has 162 valence electrons. The number of hydrogen-bond donors (Lipinski definition) is 1. The van der Waals surface area contributed by atoms with Gasteiger partial charge >= 0.3 is 5.63 Å². The molecule has 0 unspecified atom stereocenters. The third-order valence-corrected chi connectivity index (χ3v) is 4.99. The Labute approximate surface area is 181 Å². The normalized spacial score (nSPS) is 10.7. The highest BCUT2D eigenvalue weighted by Crippen LogP contribution is 2.25. The number of rotatable bonds is 9. The molecule has 3 aromatic rings. The Kier molecular flexibility index (Phi) is 7.13. The second-order valence-electron chi connectivity index (χ2n) is 7.52. The fourth-order valence-electron chi connectivity index (χ4n) is 3.23. The summed E-state index contributed by atoms with van der Waals surface area (Å²) in [6, 6.07) is 12.9. The molecule has 3 rings (SSSR count). The number of nitrogens with one attached hydrogen (secondary N) is 1. The van der Waals surface area contributed by atoms with Crippen LogP contribution in [0.15, 0.2) is 63.8 Å². The van der Waals surface area contributed by atoms with Crippen molar-refractivity contribution in [2.24, 2.45) is 0 Å². The molecule has 0 spiro atoms. The summed E-state index contributed by atoms with van der Waals surface area (Å²) in [5.41, 5.74) is 3.25. The van der Waals surface area contributed by atoms with Gasteiger partial charge in [0.25, 0.3) is 0 Å². The summed E-state index contributed by atoms with van der Waals surface area (Å²) < 4.78 is 16.2. The Hall–Kier alpha value is -3.54. The lowest BCUT2D eigenvalue weighted by Gasteiger charge is -2.10. The van der Waals surface area contributed by atoms with Crippen molar-refractivity contribution < 1.29 is 18.7 Å². The van der Waals surface area contributed by atoms with E-state index in [1.807, 2.05) is 50.2 Å². The minimum absolute atomic E-state index is 0.127. The number of carbonyl (C=O) groups excluding carboxylic acids is 1. The van der Waals surface area contributed by atoms with Crippen LogP contribution in [0.1, 0.15) is 30.0 Å². The monoisotopic (exact) mass is 421 g/mol. The van der Waals surface area contributed by atoms with Crippen molar-refractivity contribution in [1.29, 1.82) is 0 Å². The van der Waals surface area contributed by atoms with Gasteiger partial charge in [0.1, 0.15) is 23.7 Å². The maximum Gasteiger partial charge on any atom is 0.339 e. The van der Waals surface area contributed by atoms with E-state index in [4.69, 9.17) is 13.9 Å². The van der Waals surface area contributed by atoms with Crippen LogP contribution in [0.3, 0.4) is 0 Å². The van der Waals surface area contributed by atoms with Crippen molar-refractivity contribution in [2.75, 3.05) is 13.7 Å². The molecular formula is C25H27NO5. The number of methoxy groups -OCH3 is 1. The van der Waals surface area contributed by atoms with E-state index >= 15 is 0 Å². The molecule has 2 aromatic carbocycles. The van der Waals surface area contributed by atoms with E-state index in [1.165, 1.54) is 0 Å². The lowest BCUT2D eigenvalue weighted by Crippen LogP contribution is -2.24. The second-order valence-corrected chi connectivity index (χ2v) is 7.52. The number of amides is 1. The smallest absolute Gasteiger partial charge is 0.339 e. The first-order chi connectivity index (χ1) is 14.9. The predicted octanol–water partition coefficient (Wildman–Crippen LogP) is 4.31. The Morgan fingerprint density at radius 2 is 1.84 bits per heavy atom. The first-order valence-corrected chi connectivity index (χ1v) is 10.1. The molecule has 0 bridgehead atoms. The molecule has 1 N–H and O–H groups in total. The molecule has 0 aliphatic heterocycles. The van der Waals surface area contributed by atoms with Crippen molar-refractivity contribution in [1.82, 2.24) is 5.32 Å². The van der Waals surface area contributed by atoms with Crippen LogP contribution >= 0.6 is 0 Å². The minimum atomic E-state index is -0.426. The largest absolute Gasteiger partial charge is 0.497 e. The quantitative estimate of drug-likeness (QED) is 0.411. The van der Waals surface area contributed by atoms with Gasteiger partial charge in [-0.3, -0.25) is 4.79 Å². The zero-order valence-corrected chi connectivity index (χ0v) is 18.1. The molecule has 0 fully saturated rings. The molecule has 31 heavy (non-hydrogen) atoms. The van der Waals surface area contributed by atoms with E-state index in [2.05, 4.69) is 11.9 Å². The van der Waals surface area contributed by atoms with E-state index in [9.17, 15) is 9.59 Å². The molecule has 0 radical (unpaired) electrons. The number of hydrogen-bond acceptors (Lipinski definition) is 5. The lowest BCUT2D eigenvalue weighted by atomic mass is 10.0. The van der Waals surface area contributed by atoms with Gasteiger partial charge in [-0.1, -0.05) is 18.7 Å². The number of carbonyl (C=O) groups is 1. The van der Waals surface area contributed by atoms with Crippen molar-refractivity contribution in [3.05, 3.63) is 81.7 Å². The zero-order valence-electron chi connectivity index (χ0n) is 18.1. The van der Waals surface area contributed by atoms with Crippen LogP contribution in [0.25, 0.3) is 11.0 Å². The molecular weight excluding hydrogens is 394 g/mol. The van der Waals surface area contributed by atoms with Gasteiger partial charge < -0.3 is 19.2 Å². The average molecular weight is 421 g/mol. The number of aryl methyl sites for hydroxylation is 1. The van der Waals surface area contributed by atoms with Crippen molar-refractivity contribution in [3.63, 3.8) is 0 Å². The molecule has 6 nitrogen and oxygen atoms in total. The summed E-state index contributed by atoms with van der Waals surface area (Å²) in [5.74, 6) is 1.25.